The number of piperazine rings is 1. The lowest BCUT2D eigenvalue weighted by atomic mass is 10.0. The molecule has 0 saturated carbocycles. The summed E-state index contributed by atoms with van der Waals surface area (Å²) >= 11 is 0. The van der Waals surface area contributed by atoms with Gasteiger partial charge in [0.15, 0.2) is 0 Å². The molecule has 2 heterocycles. The average molecular weight is 423 g/mol. The van der Waals surface area contributed by atoms with Crippen LogP contribution in [0.1, 0.15) is 36.0 Å². The van der Waals surface area contributed by atoms with Crippen molar-refractivity contribution in [2.75, 3.05) is 37.6 Å². The summed E-state index contributed by atoms with van der Waals surface area (Å²) in [5.41, 5.74) is 3.17. The van der Waals surface area contributed by atoms with Crippen LogP contribution < -0.4 is 10.2 Å². The second-order valence-corrected chi connectivity index (χ2v) is 7.76. The van der Waals surface area contributed by atoms with E-state index in [1.54, 1.807) is 12.1 Å². The first-order valence-electron chi connectivity index (χ1n) is 10.6. The fraction of sp³-hybridized carbons (Fsp3) is 0.333. The molecule has 1 N–H and O–H groups in total. The molecule has 6 nitrogen and oxygen atoms in total. The van der Waals surface area contributed by atoms with Gasteiger partial charge in [0, 0.05) is 49.1 Å². The van der Waals surface area contributed by atoms with E-state index in [1.807, 2.05) is 37.3 Å². The van der Waals surface area contributed by atoms with Crippen LogP contribution in [-0.2, 0) is 0 Å². The molecule has 7 heteroatoms. The van der Waals surface area contributed by atoms with Crippen molar-refractivity contribution < 1.29 is 13.7 Å². The Bertz CT molecular complexity index is 1030. The summed E-state index contributed by atoms with van der Waals surface area (Å²) in [5.74, 6) is -0.577. The van der Waals surface area contributed by atoms with Gasteiger partial charge in [-0.05, 0) is 31.7 Å². The number of hydrogen-bond donors (Lipinski definition) is 1. The number of halogens is 1. The number of aromatic nitrogens is 1. The van der Waals surface area contributed by atoms with Crippen molar-refractivity contribution in [1.29, 1.82) is 0 Å². The molecule has 2 aromatic carbocycles. The highest BCUT2D eigenvalue weighted by Crippen LogP contribution is 2.29. The summed E-state index contributed by atoms with van der Waals surface area (Å²) in [7, 11) is 0. The molecule has 0 spiro atoms. The summed E-state index contributed by atoms with van der Waals surface area (Å²) in [4.78, 5) is 17.4. The van der Waals surface area contributed by atoms with Gasteiger partial charge in [0.2, 0.25) is 5.76 Å². The first-order valence-corrected chi connectivity index (χ1v) is 10.6. The molecule has 0 aliphatic carbocycles. The molecular formula is C24H27FN4O2. The lowest BCUT2D eigenvalue weighted by molar-refractivity contribution is 0.0902. The van der Waals surface area contributed by atoms with Crippen LogP contribution in [0, 0.1) is 5.82 Å². The summed E-state index contributed by atoms with van der Waals surface area (Å²) in [6.45, 7) is 8.71. The van der Waals surface area contributed by atoms with Crippen LogP contribution in [0.4, 0.5) is 10.1 Å². The monoisotopic (exact) mass is 422 g/mol. The molecule has 0 radical (unpaired) electrons. The third-order valence-electron chi connectivity index (χ3n) is 5.77. The predicted octanol–water partition coefficient (Wildman–Crippen LogP) is 4.11. The van der Waals surface area contributed by atoms with Gasteiger partial charge in [0.25, 0.3) is 5.91 Å². The van der Waals surface area contributed by atoms with Crippen molar-refractivity contribution in [1.82, 2.24) is 15.4 Å². The number of benzene rings is 2. The van der Waals surface area contributed by atoms with Crippen LogP contribution in [0.2, 0.25) is 0 Å². The molecule has 1 atom stereocenters. The van der Waals surface area contributed by atoms with E-state index >= 15 is 0 Å². The maximum absolute atomic E-state index is 14.1. The number of hydrogen-bond acceptors (Lipinski definition) is 5. The molecule has 162 valence electrons. The normalized spacial score (nSPS) is 15.6. The van der Waals surface area contributed by atoms with E-state index in [1.165, 1.54) is 12.1 Å². The summed E-state index contributed by atoms with van der Waals surface area (Å²) in [5, 5.41) is 6.93. The third kappa shape index (κ3) is 4.77. The van der Waals surface area contributed by atoms with Crippen molar-refractivity contribution >= 4 is 11.6 Å². The largest absolute Gasteiger partial charge is 0.369 e. The first kappa shape index (κ1) is 21.1. The van der Waals surface area contributed by atoms with Crippen LogP contribution in [0.25, 0.3) is 11.3 Å². The van der Waals surface area contributed by atoms with Gasteiger partial charge < -0.3 is 19.6 Å². The van der Waals surface area contributed by atoms with Gasteiger partial charge in [-0.3, -0.25) is 4.79 Å². The van der Waals surface area contributed by atoms with Crippen LogP contribution in [0.3, 0.4) is 0 Å². The summed E-state index contributed by atoms with van der Waals surface area (Å²) < 4.78 is 19.3. The second kappa shape index (κ2) is 9.31. The Morgan fingerprint density at radius 3 is 2.58 bits per heavy atom. The number of nitrogens with one attached hydrogen (secondary N) is 1. The Morgan fingerprint density at radius 2 is 1.87 bits per heavy atom. The van der Waals surface area contributed by atoms with Crippen LogP contribution in [-0.4, -0.2) is 48.7 Å². The smallest absolute Gasteiger partial charge is 0.290 e. The number of carbonyl (C=O) groups is 1. The van der Waals surface area contributed by atoms with Crippen molar-refractivity contribution in [3.8, 4) is 11.3 Å². The Kier molecular flexibility index (Phi) is 6.32. The minimum atomic E-state index is -0.396. The van der Waals surface area contributed by atoms with Crippen molar-refractivity contribution in [2.24, 2.45) is 0 Å². The van der Waals surface area contributed by atoms with Gasteiger partial charge in [-0.1, -0.05) is 42.4 Å². The van der Waals surface area contributed by atoms with Gasteiger partial charge >= 0.3 is 0 Å². The first-order chi connectivity index (χ1) is 15.0. The predicted molar refractivity (Wildman–Crippen MR) is 119 cm³/mol. The minimum Gasteiger partial charge on any atom is -0.369 e. The Hall–Kier alpha value is -3.19. The molecular weight excluding hydrogens is 395 g/mol. The second-order valence-electron chi connectivity index (χ2n) is 7.76. The topological polar surface area (TPSA) is 61.6 Å². The van der Waals surface area contributed by atoms with Gasteiger partial charge in [0.05, 0.1) is 6.04 Å². The number of likely N-dealkylation sites (N-methyl/N-ethyl adjacent to an activating group) is 1. The number of amides is 1. The fourth-order valence-electron chi connectivity index (χ4n) is 3.94. The zero-order valence-electron chi connectivity index (χ0n) is 17.8. The lowest BCUT2D eigenvalue weighted by Crippen LogP contribution is -2.46. The molecule has 1 unspecified atom stereocenters. The van der Waals surface area contributed by atoms with Crippen molar-refractivity contribution in [3.05, 3.63) is 71.7 Å². The average Bonchev–Trinajstić information content (AvgIpc) is 3.30. The van der Waals surface area contributed by atoms with Crippen molar-refractivity contribution in [3.63, 3.8) is 0 Å². The fourth-order valence-corrected chi connectivity index (χ4v) is 3.94. The molecule has 1 saturated heterocycles. The van der Waals surface area contributed by atoms with E-state index in [4.69, 9.17) is 4.52 Å². The standard InChI is InChI=1S/C24H27FN4O2/c1-3-28-11-13-29(14-12-28)22-10-9-19(25)15-20(22)17(2)26-24(30)23-16-21(27-31-23)18-7-5-4-6-8-18/h4-10,15-17H,3,11-14H2,1-2H3,(H,26,30). The van der Waals surface area contributed by atoms with Crippen LogP contribution in [0.5, 0.6) is 0 Å². The molecule has 3 aromatic rings. The number of anilines is 1. The minimum absolute atomic E-state index is 0.125. The number of rotatable bonds is 6. The molecule has 1 aromatic heterocycles. The van der Waals surface area contributed by atoms with Gasteiger partial charge in [-0.15, -0.1) is 0 Å². The molecule has 1 amide bonds. The highest BCUT2D eigenvalue weighted by Gasteiger charge is 2.23. The van der Waals surface area contributed by atoms with Gasteiger partial charge in [-0.2, -0.15) is 0 Å². The highest BCUT2D eigenvalue weighted by molar-refractivity contribution is 5.92. The molecule has 1 aliphatic rings. The SMILES string of the molecule is CCN1CCN(c2ccc(F)cc2C(C)NC(=O)c2cc(-c3ccccc3)no2)CC1. The molecule has 1 fully saturated rings. The number of carbonyl (C=O) groups excluding carboxylic acids is 1. The van der Waals surface area contributed by atoms with E-state index in [9.17, 15) is 9.18 Å². The van der Waals surface area contributed by atoms with E-state index in [0.29, 0.717) is 5.69 Å². The van der Waals surface area contributed by atoms with Gasteiger partial charge in [-0.25, -0.2) is 4.39 Å². The van der Waals surface area contributed by atoms with Crippen molar-refractivity contribution in [2.45, 2.75) is 19.9 Å². The third-order valence-corrected chi connectivity index (χ3v) is 5.77. The Labute approximate surface area is 181 Å². The van der Waals surface area contributed by atoms with E-state index in [0.717, 1.165) is 49.5 Å². The maximum atomic E-state index is 14.1. The van der Waals surface area contributed by atoms with Crippen LogP contribution in [0.15, 0.2) is 59.1 Å². The maximum Gasteiger partial charge on any atom is 0.290 e. The zero-order valence-corrected chi connectivity index (χ0v) is 17.8. The molecule has 1 aliphatic heterocycles. The van der Waals surface area contributed by atoms with E-state index < -0.39 is 6.04 Å². The summed E-state index contributed by atoms with van der Waals surface area (Å²) in [6, 6.07) is 15.5. The van der Waals surface area contributed by atoms with Gasteiger partial charge in [0.1, 0.15) is 11.5 Å². The quantitative estimate of drug-likeness (QED) is 0.648. The highest BCUT2D eigenvalue weighted by atomic mass is 19.1. The number of nitrogens with zero attached hydrogens (tertiary/aromatic N) is 3. The molecule has 0 bridgehead atoms. The lowest BCUT2D eigenvalue weighted by Gasteiger charge is -2.37. The van der Waals surface area contributed by atoms with E-state index in [2.05, 4.69) is 27.2 Å². The molecule has 31 heavy (non-hydrogen) atoms. The van der Waals surface area contributed by atoms with E-state index in [-0.39, 0.29) is 17.5 Å². The Morgan fingerprint density at radius 1 is 1.13 bits per heavy atom. The summed E-state index contributed by atoms with van der Waals surface area (Å²) in [6.07, 6.45) is 0. The zero-order chi connectivity index (χ0) is 21.8. The Balaban J connectivity index is 1.49. The van der Waals surface area contributed by atoms with Crippen LogP contribution >= 0.6 is 0 Å². The molecule has 4 rings (SSSR count).